The van der Waals surface area contributed by atoms with Gasteiger partial charge >= 0.3 is 5.97 Å². The van der Waals surface area contributed by atoms with Gasteiger partial charge < -0.3 is 5.11 Å². The molecule has 1 N–H and O–H groups in total. The lowest BCUT2D eigenvalue weighted by molar-refractivity contribution is 0.0691. The summed E-state index contributed by atoms with van der Waals surface area (Å²) >= 11 is 0. The monoisotopic (exact) mass is 265 g/mol. The first-order valence-corrected chi connectivity index (χ1v) is 6.87. The summed E-state index contributed by atoms with van der Waals surface area (Å²) in [4.78, 5) is 13.3. The molecule has 0 atom stereocenters. The average Bonchev–Trinajstić information content (AvgIpc) is 2.91. The second kappa shape index (κ2) is 6.15. The van der Waals surface area contributed by atoms with Crippen LogP contribution in [0.2, 0.25) is 0 Å². The summed E-state index contributed by atoms with van der Waals surface area (Å²) in [6, 6.07) is 4.97. The van der Waals surface area contributed by atoms with Crippen LogP contribution in [0.1, 0.15) is 48.5 Å². The van der Waals surface area contributed by atoms with Gasteiger partial charge in [-0.15, -0.1) is 0 Å². The molecule has 1 fully saturated rings. The van der Waals surface area contributed by atoms with Gasteiger partial charge in [0.2, 0.25) is 0 Å². The molecule has 1 aliphatic rings. The third kappa shape index (κ3) is 3.32. The van der Waals surface area contributed by atoms with E-state index < -0.39 is 11.8 Å². The van der Waals surface area contributed by atoms with Gasteiger partial charge in [-0.2, -0.15) is 0 Å². The zero-order valence-electron chi connectivity index (χ0n) is 11.2. The van der Waals surface area contributed by atoms with Gasteiger partial charge in [-0.05, 0) is 37.1 Å². The molecule has 0 radical (unpaired) electrons. The van der Waals surface area contributed by atoms with E-state index in [-0.39, 0.29) is 5.56 Å². The third-order valence-corrected chi connectivity index (χ3v) is 3.89. The zero-order valence-corrected chi connectivity index (χ0v) is 11.2. The van der Waals surface area contributed by atoms with E-state index in [0.717, 1.165) is 12.1 Å². The van der Waals surface area contributed by atoms with Crippen molar-refractivity contribution < 1.29 is 14.3 Å². The first-order valence-electron chi connectivity index (χ1n) is 6.87. The van der Waals surface area contributed by atoms with E-state index in [2.05, 4.69) is 11.8 Å². The topological polar surface area (TPSA) is 40.5 Å². The SMILES string of the molecule is CCN(Cc1ccc(F)c(C(=O)O)c1)C1CCCC1. The van der Waals surface area contributed by atoms with Crippen molar-refractivity contribution in [3.8, 4) is 0 Å². The van der Waals surface area contributed by atoms with E-state index in [1.807, 2.05) is 0 Å². The maximum Gasteiger partial charge on any atom is 0.338 e. The summed E-state index contributed by atoms with van der Waals surface area (Å²) in [5, 5.41) is 8.94. The number of halogens is 1. The van der Waals surface area contributed by atoms with E-state index in [4.69, 9.17) is 5.11 Å². The lowest BCUT2D eigenvalue weighted by atomic mass is 10.1. The summed E-state index contributed by atoms with van der Waals surface area (Å²) in [7, 11) is 0. The molecule has 1 aliphatic carbocycles. The van der Waals surface area contributed by atoms with Crippen LogP contribution in [0.15, 0.2) is 18.2 Å². The highest BCUT2D eigenvalue weighted by molar-refractivity contribution is 5.88. The summed E-state index contributed by atoms with van der Waals surface area (Å²) < 4.78 is 13.3. The Labute approximate surface area is 113 Å². The van der Waals surface area contributed by atoms with Crippen molar-refractivity contribution in [3.05, 3.63) is 35.1 Å². The van der Waals surface area contributed by atoms with Gasteiger partial charge in [-0.25, -0.2) is 9.18 Å². The minimum absolute atomic E-state index is 0.236. The molecule has 0 unspecified atom stereocenters. The van der Waals surface area contributed by atoms with Gasteiger partial charge in [0, 0.05) is 12.6 Å². The van der Waals surface area contributed by atoms with Crippen LogP contribution in [-0.2, 0) is 6.54 Å². The van der Waals surface area contributed by atoms with Gasteiger partial charge in [0.1, 0.15) is 5.82 Å². The van der Waals surface area contributed by atoms with E-state index in [9.17, 15) is 9.18 Å². The molecule has 0 bridgehead atoms. The van der Waals surface area contributed by atoms with Crippen LogP contribution in [0.25, 0.3) is 0 Å². The van der Waals surface area contributed by atoms with Crippen molar-refractivity contribution >= 4 is 5.97 Å². The molecule has 104 valence electrons. The molecule has 0 saturated heterocycles. The first-order chi connectivity index (χ1) is 9.11. The Balaban J connectivity index is 2.12. The molecule has 1 aromatic rings. The number of carbonyl (C=O) groups is 1. The van der Waals surface area contributed by atoms with Crippen molar-refractivity contribution in [2.24, 2.45) is 0 Å². The Morgan fingerprint density at radius 1 is 1.42 bits per heavy atom. The minimum atomic E-state index is -1.21. The maximum absolute atomic E-state index is 13.3. The van der Waals surface area contributed by atoms with E-state index in [0.29, 0.717) is 12.6 Å². The molecular formula is C15H20FNO2. The highest BCUT2D eigenvalue weighted by atomic mass is 19.1. The summed E-state index contributed by atoms with van der Waals surface area (Å²) in [5.41, 5.74) is 0.632. The van der Waals surface area contributed by atoms with Crippen molar-refractivity contribution in [3.63, 3.8) is 0 Å². The van der Waals surface area contributed by atoms with Gasteiger partial charge in [-0.1, -0.05) is 25.8 Å². The summed E-state index contributed by atoms with van der Waals surface area (Å²) in [5.74, 6) is -1.87. The van der Waals surface area contributed by atoms with Crippen LogP contribution in [-0.4, -0.2) is 28.6 Å². The Bertz CT molecular complexity index is 455. The Morgan fingerprint density at radius 2 is 2.11 bits per heavy atom. The van der Waals surface area contributed by atoms with Crippen molar-refractivity contribution in [2.75, 3.05) is 6.54 Å². The molecule has 3 nitrogen and oxygen atoms in total. The fourth-order valence-electron chi connectivity index (χ4n) is 2.84. The fourth-order valence-corrected chi connectivity index (χ4v) is 2.84. The number of nitrogens with zero attached hydrogens (tertiary/aromatic N) is 1. The molecule has 0 aromatic heterocycles. The molecule has 2 rings (SSSR count). The maximum atomic E-state index is 13.3. The average molecular weight is 265 g/mol. The van der Waals surface area contributed by atoms with Crippen LogP contribution in [0, 0.1) is 5.82 Å². The van der Waals surface area contributed by atoms with Crippen molar-refractivity contribution in [1.82, 2.24) is 4.90 Å². The summed E-state index contributed by atoms with van der Waals surface area (Å²) in [6.07, 6.45) is 4.96. The van der Waals surface area contributed by atoms with Gasteiger partial charge in [-0.3, -0.25) is 4.90 Å². The molecule has 0 spiro atoms. The normalized spacial score (nSPS) is 16.2. The van der Waals surface area contributed by atoms with Gasteiger partial charge in [0.05, 0.1) is 5.56 Å². The quantitative estimate of drug-likeness (QED) is 0.888. The molecule has 0 heterocycles. The van der Waals surface area contributed by atoms with Crippen molar-refractivity contribution in [1.29, 1.82) is 0 Å². The van der Waals surface area contributed by atoms with Crippen LogP contribution < -0.4 is 0 Å². The number of carboxylic acid groups (broad SMARTS) is 1. The number of carboxylic acids is 1. The molecule has 4 heteroatoms. The second-order valence-corrected chi connectivity index (χ2v) is 5.12. The predicted octanol–water partition coefficient (Wildman–Crippen LogP) is 3.29. The second-order valence-electron chi connectivity index (χ2n) is 5.12. The molecular weight excluding hydrogens is 245 g/mol. The standard InChI is InChI=1S/C15H20FNO2/c1-2-17(12-5-3-4-6-12)10-11-7-8-14(16)13(9-11)15(18)19/h7-9,12H,2-6,10H2,1H3,(H,18,19). The summed E-state index contributed by atoms with van der Waals surface area (Å²) in [6.45, 7) is 3.74. The lowest BCUT2D eigenvalue weighted by Gasteiger charge is -2.27. The van der Waals surface area contributed by atoms with Crippen molar-refractivity contribution in [2.45, 2.75) is 45.2 Å². The Hall–Kier alpha value is -1.42. The first kappa shape index (κ1) is 14.0. The fraction of sp³-hybridized carbons (Fsp3) is 0.533. The largest absolute Gasteiger partial charge is 0.478 e. The Morgan fingerprint density at radius 3 is 2.68 bits per heavy atom. The van der Waals surface area contributed by atoms with E-state index in [1.54, 1.807) is 6.07 Å². The molecule has 1 aromatic carbocycles. The number of benzene rings is 1. The third-order valence-electron chi connectivity index (χ3n) is 3.89. The Kier molecular flexibility index (Phi) is 4.53. The number of aromatic carboxylic acids is 1. The molecule has 1 saturated carbocycles. The van der Waals surface area contributed by atoms with Gasteiger partial charge in [0.15, 0.2) is 0 Å². The van der Waals surface area contributed by atoms with Crippen LogP contribution in [0.5, 0.6) is 0 Å². The minimum Gasteiger partial charge on any atom is -0.478 e. The highest BCUT2D eigenvalue weighted by Gasteiger charge is 2.21. The predicted molar refractivity (Wildman–Crippen MR) is 71.7 cm³/mol. The van der Waals surface area contributed by atoms with Gasteiger partial charge in [0.25, 0.3) is 0 Å². The van der Waals surface area contributed by atoms with E-state index in [1.165, 1.54) is 37.8 Å². The van der Waals surface area contributed by atoms with Crippen LogP contribution >= 0.6 is 0 Å². The molecule has 19 heavy (non-hydrogen) atoms. The molecule has 0 amide bonds. The lowest BCUT2D eigenvalue weighted by Crippen LogP contribution is -2.32. The number of hydrogen-bond acceptors (Lipinski definition) is 2. The highest BCUT2D eigenvalue weighted by Crippen LogP contribution is 2.25. The van der Waals surface area contributed by atoms with E-state index >= 15 is 0 Å². The smallest absolute Gasteiger partial charge is 0.338 e. The molecule has 0 aliphatic heterocycles. The van der Waals surface area contributed by atoms with Crippen LogP contribution in [0.4, 0.5) is 4.39 Å². The zero-order chi connectivity index (χ0) is 13.8. The number of hydrogen-bond donors (Lipinski definition) is 1. The van der Waals surface area contributed by atoms with Crippen LogP contribution in [0.3, 0.4) is 0 Å². The number of rotatable bonds is 5.